The van der Waals surface area contributed by atoms with Crippen LogP contribution in [0.25, 0.3) is 0 Å². The van der Waals surface area contributed by atoms with Crippen molar-refractivity contribution in [3.63, 3.8) is 0 Å². The molecule has 0 saturated heterocycles. The second kappa shape index (κ2) is 5.06. The first-order valence-electron chi connectivity index (χ1n) is 5.50. The Hall–Kier alpha value is -1.07. The maximum absolute atomic E-state index is 9.92. The zero-order chi connectivity index (χ0) is 13.1. The maximum atomic E-state index is 9.92. The number of rotatable bonds is 5. The molecule has 1 radical (unpaired) electrons. The number of pyridine rings is 1. The minimum Gasteiger partial charge on any atom is -0.481 e. The molecule has 0 fully saturated rings. The molecule has 4 nitrogen and oxygen atoms in total. The van der Waals surface area contributed by atoms with Gasteiger partial charge in [-0.05, 0) is 39.2 Å². The van der Waals surface area contributed by atoms with Crippen molar-refractivity contribution in [2.24, 2.45) is 0 Å². The van der Waals surface area contributed by atoms with Crippen LogP contribution in [0.1, 0.15) is 27.7 Å². The number of hydrogen-bond acceptors (Lipinski definition) is 4. The van der Waals surface area contributed by atoms with Gasteiger partial charge < -0.3 is 14.5 Å². The average molecular weight is 236 g/mol. The van der Waals surface area contributed by atoms with Gasteiger partial charge in [-0.2, -0.15) is 0 Å². The van der Waals surface area contributed by atoms with Gasteiger partial charge in [0.15, 0.2) is 0 Å². The zero-order valence-corrected chi connectivity index (χ0v) is 11.0. The molecule has 17 heavy (non-hydrogen) atoms. The van der Waals surface area contributed by atoms with Gasteiger partial charge in [-0.15, -0.1) is 0 Å². The van der Waals surface area contributed by atoms with E-state index in [0.717, 1.165) is 5.46 Å². The van der Waals surface area contributed by atoms with E-state index in [1.54, 1.807) is 40.7 Å². The predicted octanol–water partition coefficient (Wildman–Crippen LogP) is 0.901. The number of aliphatic hydroxyl groups is 1. The summed E-state index contributed by atoms with van der Waals surface area (Å²) in [4.78, 5) is 4.06. The average Bonchev–Trinajstić information content (AvgIpc) is 2.25. The van der Waals surface area contributed by atoms with Crippen molar-refractivity contribution >= 4 is 12.9 Å². The lowest BCUT2D eigenvalue weighted by atomic mass is 9.83. The molecule has 1 aromatic heterocycles. The largest absolute Gasteiger partial charge is 0.481 e. The Bertz CT molecular complexity index is 357. The van der Waals surface area contributed by atoms with Crippen LogP contribution in [0.15, 0.2) is 18.3 Å². The van der Waals surface area contributed by atoms with E-state index in [1.165, 1.54) is 0 Å². The molecule has 0 amide bonds. The molecule has 0 aliphatic carbocycles. The van der Waals surface area contributed by atoms with Crippen molar-refractivity contribution in [2.75, 3.05) is 7.11 Å². The van der Waals surface area contributed by atoms with E-state index in [4.69, 9.17) is 9.39 Å². The summed E-state index contributed by atoms with van der Waals surface area (Å²) < 4.78 is 10.6. The first-order chi connectivity index (χ1) is 7.76. The summed E-state index contributed by atoms with van der Waals surface area (Å²) in [5.74, 6) is 0.559. The van der Waals surface area contributed by atoms with E-state index in [-0.39, 0.29) is 0 Å². The van der Waals surface area contributed by atoms with Crippen molar-refractivity contribution in [2.45, 2.75) is 38.9 Å². The van der Waals surface area contributed by atoms with Crippen LogP contribution < -0.4 is 10.2 Å². The molecule has 1 N–H and O–H groups in total. The van der Waals surface area contributed by atoms with Gasteiger partial charge in [-0.1, -0.05) is 6.07 Å². The van der Waals surface area contributed by atoms with Gasteiger partial charge in [0.2, 0.25) is 5.88 Å². The van der Waals surface area contributed by atoms with Crippen LogP contribution in [0, 0.1) is 0 Å². The number of nitrogens with zero attached hydrogens (tertiary/aromatic N) is 1. The highest BCUT2D eigenvalue weighted by Gasteiger charge is 2.35. The van der Waals surface area contributed by atoms with E-state index in [0.29, 0.717) is 5.88 Å². The Morgan fingerprint density at radius 1 is 1.24 bits per heavy atom. The van der Waals surface area contributed by atoms with Crippen molar-refractivity contribution in [1.82, 2.24) is 4.98 Å². The fourth-order valence-corrected chi connectivity index (χ4v) is 0.942. The summed E-state index contributed by atoms with van der Waals surface area (Å²) >= 11 is 0. The van der Waals surface area contributed by atoms with Gasteiger partial charge in [0, 0.05) is 6.20 Å². The molecular formula is C12H19BNO3. The summed E-state index contributed by atoms with van der Waals surface area (Å²) in [6, 6.07) is 3.60. The van der Waals surface area contributed by atoms with Crippen molar-refractivity contribution in [3.8, 4) is 5.88 Å². The Labute approximate surface area is 103 Å². The maximum Gasteiger partial charge on any atom is 0.332 e. The highest BCUT2D eigenvalue weighted by atomic mass is 16.5. The number of hydrogen-bond donors (Lipinski definition) is 1. The minimum absolute atomic E-state index is 0.559. The molecule has 0 aliphatic rings. The third-order valence-corrected chi connectivity index (χ3v) is 2.93. The summed E-state index contributed by atoms with van der Waals surface area (Å²) in [7, 11) is 3.16. The lowest BCUT2D eigenvalue weighted by Gasteiger charge is -2.37. The third-order valence-electron chi connectivity index (χ3n) is 2.93. The Morgan fingerprint density at radius 2 is 1.88 bits per heavy atom. The normalized spacial score (nSPS) is 12.4. The number of methoxy groups -OCH3 is 1. The lowest BCUT2D eigenvalue weighted by Crippen LogP contribution is -2.49. The Morgan fingerprint density at radius 3 is 2.29 bits per heavy atom. The van der Waals surface area contributed by atoms with Gasteiger partial charge in [0.1, 0.15) is 0 Å². The second-order valence-electron chi connectivity index (χ2n) is 4.94. The fraction of sp³-hybridized carbons (Fsp3) is 0.583. The standard InChI is InChI=1S/C12H19BNO3/c1-11(2,15)12(3,4)17-13-9-6-7-10(16-5)14-8-9/h6-8,15H,1-5H3. The van der Waals surface area contributed by atoms with Gasteiger partial charge >= 0.3 is 7.48 Å². The monoisotopic (exact) mass is 236 g/mol. The summed E-state index contributed by atoms with van der Waals surface area (Å²) in [6.45, 7) is 7.10. The van der Waals surface area contributed by atoms with Crippen LogP contribution in [0.4, 0.5) is 0 Å². The third kappa shape index (κ3) is 3.72. The molecular weight excluding hydrogens is 217 g/mol. The highest BCUT2D eigenvalue weighted by molar-refractivity contribution is 6.46. The highest BCUT2D eigenvalue weighted by Crippen LogP contribution is 2.24. The van der Waals surface area contributed by atoms with Gasteiger partial charge in [0.05, 0.1) is 18.3 Å². The predicted molar refractivity (Wildman–Crippen MR) is 67.6 cm³/mol. The molecule has 5 heteroatoms. The van der Waals surface area contributed by atoms with Crippen molar-refractivity contribution in [3.05, 3.63) is 18.3 Å². The first kappa shape index (κ1) is 14.0. The van der Waals surface area contributed by atoms with Crippen LogP contribution in [0.5, 0.6) is 5.88 Å². The van der Waals surface area contributed by atoms with E-state index in [2.05, 4.69) is 4.98 Å². The summed E-state index contributed by atoms with van der Waals surface area (Å²) in [5, 5.41) is 9.92. The van der Waals surface area contributed by atoms with Gasteiger partial charge in [0.25, 0.3) is 0 Å². The van der Waals surface area contributed by atoms with E-state index >= 15 is 0 Å². The molecule has 1 heterocycles. The van der Waals surface area contributed by atoms with E-state index in [9.17, 15) is 5.11 Å². The number of ether oxygens (including phenoxy) is 1. The molecule has 0 unspecified atom stereocenters. The second-order valence-corrected chi connectivity index (χ2v) is 4.94. The van der Waals surface area contributed by atoms with Crippen LogP contribution in [0.2, 0.25) is 0 Å². The van der Waals surface area contributed by atoms with Crippen LogP contribution in [0.3, 0.4) is 0 Å². The molecule has 93 valence electrons. The Balaban J connectivity index is 2.61. The molecule has 1 rings (SSSR count). The first-order valence-corrected chi connectivity index (χ1v) is 5.50. The van der Waals surface area contributed by atoms with E-state index in [1.807, 2.05) is 19.9 Å². The Kier molecular flexibility index (Phi) is 4.17. The van der Waals surface area contributed by atoms with Gasteiger partial charge in [-0.25, -0.2) is 4.98 Å². The quantitative estimate of drug-likeness (QED) is 0.771. The molecule has 0 atom stereocenters. The minimum atomic E-state index is -0.927. The lowest BCUT2D eigenvalue weighted by molar-refractivity contribution is -0.0893. The zero-order valence-electron chi connectivity index (χ0n) is 11.0. The molecule has 0 aromatic carbocycles. The van der Waals surface area contributed by atoms with Crippen LogP contribution in [-0.4, -0.2) is 35.9 Å². The molecule has 0 bridgehead atoms. The smallest absolute Gasteiger partial charge is 0.332 e. The van der Waals surface area contributed by atoms with E-state index < -0.39 is 11.2 Å². The summed E-state index contributed by atoms with van der Waals surface area (Å²) in [5.41, 5.74) is -0.779. The van der Waals surface area contributed by atoms with Gasteiger partial charge in [-0.3, -0.25) is 0 Å². The summed E-state index contributed by atoms with van der Waals surface area (Å²) in [6.07, 6.45) is 1.65. The molecule has 0 spiro atoms. The fourth-order valence-electron chi connectivity index (χ4n) is 0.942. The molecule has 0 saturated carbocycles. The topological polar surface area (TPSA) is 51.6 Å². The SMILES string of the molecule is COc1ccc([B]OC(C)(C)C(C)(C)O)cn1. The number of aromatic nitrogens is 1. The van der Waals surface area contributed by atoms with Crippen LogP contribution >= 0.6 is 0 Å². The molecule has 1 aromatic rings. The van der Waals surface area contributed by atoms with Crippen molar-refractivity contribution in [1.29, 1.82) is 0 Å². The molecule has 0 aliphatic heterocycles. The van der Waals surface area contributed by atoms with Crippen molar-refractivity contribution < 1.29 is 14.5 Å². The van der Waals surface area contributed by atoms with Crippen LogP contribution in [-0.2, 0) is 4.65 Å².